The number of nitro groups is 1. The highest BCUT2D eigenvalue weighted by Crippen LogP contribution is 2.27. The van der Waals surface area contributed by atoms with E-state index in [4.69, 9.17) is 0 Å². The number of benzene rings is 1. The highest BCUT2D eigenvalue weighted by Gasteiger charge is 2.19. The van der Waals surface area contributed by atoms with Crippen molar-refractivity contribution >= 4 is 11.4 Å². The molecule has 0 aliphatic carbocycles. The van der Waals surface area contributed by atoms with Crippen LogP contribution in [0.2, 0.25) is 0 Å². The number of hydrogen-bond donors (Lipinski definition) is 0. The summed E-state index contributed by atoms with van der Waals surface area (Å²) in [6.07, 6.45) is 2.45. The van der Waals surface area contributed by atoms with Crippen molar-refractivity contribution in [3.05, 3.63) is 52.6 Å². The molecular formula is C12H12F2N4O2. The minimum atomic E-state index is -2.69. The quantitative estimate of drug-likeness (QED) is 0.625. The van der Waals surface area contributed by atoms with Gasteiger partial charge in [-0.15, -0.1) is 0 Å². The van der Waals surface area contributed by atoms with Crippen LogP contribution < -0.4 is 4.90 Å². The third-order valence-electron chi connectivity index (χ3n) is 2.83. The van der Waals surface area contributed by atoms with Crippen LogP contribution >= 0.6 is 0 Å². The van der Waals surface area contributed by atoms with E-state index >= 15 is 0 Å². The molecule has 0 fully saturated rings. The molecule has 0 saturated carbocycles. The highest BCUT2D eigenvalue weighted by atomic mass is 19.3. The highest BCUT2D eigenvalue weighted by molar-refractivity contribution is 5.62. The fourth-order valence-corrected chi connectivity index (χ4v) is 1.88. The van der Waals surface area contributed by atoms with E-state index in [1.807, 2.05) is 0 Å². The first-order chi connectivity index (χ1) is 9.50. The lowest BCUT2D eigenvalue weighted by atomic mass is 10.2. The van der Waals surface area contributed by atoms with Gasteiger partial charge in [0.1, 0.15) is 11.5 Å². The van der Waals surface area contributed by atoms with E-state index in [2.05, 4.69) is 4.98 Å². The second-order valence-corrected chi connectivity index (χ2v) is 4.13. The maximum atomic E-state index is 12.7. The number of hydrogen-bond acceptors (Lipinski definition) is 4. The number of nitrogens with zero attached hydrogens (tertiary/aromatic N) is 4. The SMILES string of the molecule is CN(Cc1nccn1C(F)F)c1ccccc1[N+](=O)[O-]. The van der Waals surface area contributed by atoms with Crippen LogP contribution in [0.5, 0.6) is 0 Å². The Labute approximate surface area is 113 Å². The van der Waals surface area contributed by atoms with Crippen molar-refractivity contribution in [2.45, 2.75) is 13.1 Å². The molecule has 0 radical (unpaired) electrons. The van der Waals surface area contributed by atoms with Crippen molar-refractivity contribution in [3.63, 3.8) is 0 Å². The summed E-state index contributed by atoms with van der Waals surface area (Å²) in [4.78, 5) is 15.8. The molecule has 106 valence electrons. The topological polar surface area (TPSA) is 64.2 Å². The fourth-order valence-electron chi connectivity index (χ4n) is 1.88. The lowest BCUT2D eigenvalue weighted by Crippen LogP contribution is -2.20. The van der Waals surface area contributed by atoms with Crippen LogP contribution in [-0.2, 0) is 6.54 Å². The summed E-state index contributed by atoms with van der Waals surface area (Å²) < 4.78 is 26.2. The third-order valence-corrected chi connectivity index (χ3v) is 2.83. The number of halogens is 2. The van der Waals surface area contributed by atoms with Gasteiger partial charge in [-0.25, -0.2) is 4.98 Å². The van der Waals surface area contributed by atoms with Gasteiger partial charge in [-0.05, 0) is 6.07 Å². The molecule has 0 N–H and O–H groups in total. The van der Waals surface area contributed by atoms with Gasteiger partial charge in [-0.1, -0.05) is 12.1 Å². The van der Waals surface area contributed by atoms with Crippen LogP contribution in [0.25, 0.3) is 0 Å². The van der Waals surface area contributed by atoms with E-state index < -0.39 is 11.5 Å². The zero-order chi connectivity index (χ0) is 14.7. The Morgan fingerprint density at radius 1 is 1.45 bits per heavy atom. The Bertz CT molecular complexity index is 615. The monoisotopic (exact) mass is 282 g/mol. The molecular weight excluding hydrogens is 270 g/mol. The second kappa shape index (κ2) is 5.64. The smallest absolute Gasteiger partial charge is 0.319 e. The zero-order valence-corrected chi connectivity index (χ0v) is 10.6. The van der Waals surface area contributed by atoms with Crippen molar-refractivity contribution in [3.8, 4) is 0 Å². The number of aromatic nitrogens is 2. The number of imidazole rings is 1. The Kier molecular flexibility index (Phi) is 3.92. The second-order valence-electron chi connectivity index (χ2n) is 4.13. The molecule has 0 bridgehead atoms. The normalized spacial score (nSPS) is 10.8. The van der Waals surface area contributed by atoms with Gasteiger partial charge in [0.15, 0.2) is 0 Å². The van der Waals surface area contributed by atoms with Crippen molar-refractivity contribution < 1.29 is 13.7 Å². The number of anilines is 1. The summed E-state index contributed by atoms with van der Waals surface area (Å²) in [6.45, 7) is -2.64. The molecule has 2 rings (SSSR count). The predicted octanol–water partition coefficient (Wildman–Crippen LogP) is 2.82. The van der Waals surface area contributed by atoms with Crippen LogP contribution in [-0.4, -0.2) is 21.5 Å². The van der Waals surface area contributed by atoms with E-state index in [0.29, 0.717) is 5.69 Å². The molecule has 1 aromatic carbocycles. The first-order valence-electron chi connectivity index (χ1n) is 5.75. The van der Waals surface area contributed by atoms with Gasteiger partial charge in [0.05, 0.1) is 11.5 Å². The van der Waals surface area contributed by atoms with Gasteiger partial charge < -0.3 is 4.90 Å². The van der Waals surface area contributed by atoms with Gasteiger partial charge in [0.2, 0.25) is 0 Å². The first kappa shape index (κ1) is 13.9. The van der Waals surface area contributed by atoms with E-state index in [1.54, 1.807) is 25.2 Å². The summed E-state index contributed by atoms with van der Waals surface area (Å²) in [6, 6.07) is 6.13. The first-order valence-corrected chi connectivity index (χ1v) is 5.75. The van der Waals surface area contributed by atoms with Crippen LogP contribution in [0, 0.1) is 10.1 Å². The van der Waals surface area contributed by atoms with E-state index in [-0.39, 0.29) is 18.1 Å². The van der Waals surface area contributed by atoms with Gasteiger partial charge in [0.25, 0.3) is 5.69 Å². The molecule has 0 amide bonds. The van der Waals surface area contributed by atoms with E-state index in [9.17, 15) is 18.9 Å². The maximum Gasteiger partial charge on any atom is 0.319 e. The van der Waals surface area contributed by atoms with Crippen LogP contribution in [0.15, 0.2) is 36.7 Å². The van der Waals surface area contributed by atoms with Crippen LogP contribution in [0.1, 0.15) is 12.4 Å². The average Bonchev–Trinajstić information content (AvgIpc) is 2.87. The van der Waals surface area contributed by atoms with Crippen LogP contribution in [0.3, 0.4) is 0 Å². The number of rotatable bonds is 5. The fraction of sp³-hybridized carbons (Fsp3) is 0.250. The largest absolute Gasteiger partial charge is 0.362 e. The number of para-hydroxylation sites is 2. The maximum absolute atomic E-state index is 12.7. The van der Waals surface area contributed by atoms with Crippen molar-refractivity contribution in [2.24, 2.45) is 0 Å². The molecule has 0 saturated heterocycles. The molecule has 0 aliphatic rings. The Morgan fingerprint density at radius 3 is 2.80 bits per heavy atom. The molecule has 1 heterocycles. The molecule has 20 heavy (non-hydrogen) atoms. The van der Waals surface area contributed by atoms with Crippen molar-refractivity contribution in [1.82, 2.24) is 9.55 Å². The minimum absolute atomic E-state index is 0.0438. The van der Waals surface area contributed by atoms with Crippen molar-refractivity contribution in [2.75, 3.05) is 11.9 Å². The number of alkyl halides is 2. The molecule has 0 aliphatic heterocycles. The summed E-state index contributed by atoms with van der Waals surface area (Å²) in [5.74, 6) is 0.139. The average molecular weight is 282 g/mol. The van der Waals surface area contributed by atoms with Crippen LogP contribution in [0.4, 0.5) is 20.2 Å². The lowest BCUT2D eigenvalue weighted by Gasteiger charge is -2.19. The predicted molar refractivity (Wildman–Crippen MR) is 68.7 cm³/mol. The molecule has 0 atom stereocenters. The van der Waals surface area contributed by atoms with Gasteiger partial charge in [-0.3, -0.25) is 14.7 Å². The molecule has 1 aromatic heterocycles. The summed E-state index contributed by atoms with van der Waals surface area (Å²) in [5, 5.41) is 10.9. The molecule has 0 unspecified atom stereocenters. The van der Waals surface area contributed by atoms with Gasteiger partial charge in [-0.2, -0.15) is 8.78 Å². The Balaban J connectivity index is 2.26. The zero-order valence-electron chi connectivity index (χ0n) is 10.6. The molecule has 8 heteroatoms. The summed E-state index contributed by atoms with van der Waals surface area (Å²) in [7, 11) is 1.59. The Morgan fingerprint density at radius 2 is 2.15 bits per heavy atom. The molecule has 0 spiro atoms. The number of nitro benzene ring substituents is 1. The summed E-state index contributed by atoms with van der Waals surface area (Å²) >= 11 is 0. The van der Waals surface area contributed by atoms with Gasteiger partial charge in [0, 0.05) is 25.5 Å². The standard InChI is InChI=1S/C12H12F2N4O2/c1-16(8-11-15-6-7-17(11)12(13)14)9-4-2-3-5-10(9)18(19)20/h2-7,12H,8H2,1H3. The molecule has 6 nitrogen and oxygen atoms in total. The minimum Gasteiger partial charge on any atom is -0.362 e. The van der Waals surface area contributed by atoms with E-state index in [1.165, 1.54) is 23.4 Å². The van der Waals surface area contributed by atoms with Crippen molar-refractivity contribution in [1.29, 1.82) is 0 Å². The summed E-state index contributed by atoms with van der Waals surface area (Å²) in [5.41, 5.74) is 0.270. The third kappa shape index (κ3) is 2.73. The lowest BCUT2D eigenvalue weighted by molar-refractivity contribution is -0.384. The van der Waals surface area contributed by atoms with E-state index in [0.717, 1.165) is 4.57 Å². The molecule has 2 aromatic rings. The van der Waals surface area contributed by atoms with Gasteiger partial charge >= 0.3 is 6.55 Å². The Hall–Kier alpha value is -2.51.